The van der Waals surface area contributed by atoms with Crippen molar-refractivity contribution in [2.45, 2.75) is 45.6 Å². The summed E-state index contributed by atoms with van der Waals surface area (Å²) in [7, 11) is 0. The Kier molecular flexibility index (Phi) is 5.65. The molecule has 0 bridgehead atoms. The maximum absolute atomic E-state index is 13.3. The second kappa shape index (κ2) is 7.25. The van der Waals surface area contributed by atoms with E-state index in [1.54, 1.807) is 6.07 Å². The molecule has 1 N–H and O–H groups in total. The Labute approximate surface area is 120 Å². The predicted octanol–water partition coefficient (Wildman–Crippen LogP) is 4.79. The lowest BCUT2D eigenvalue weighted by Crippen LogP contribution is -2.20. The maximum atomic E-state index is 13.3. The lowest BCUT2D eigenvalue weighted by molar-refractivity contribution is 0.275. The van der Waals surface area contributed by atoms with Gasteiger partial charge in [-0.2, -0.15) is 0 Å². The average molecular weight is 284 g/mol. The molecule has 1 aromatic carbocycles. The van der Waals surface area contributed by atoms with Crippen LogP contribution in [0.3, 0.4) is 0 Å². The molecular weight excluding hydrogens is 261 g/mol. The molecule has 0 spiro atoms. The monoisotopic (exact) mass is 283 g/mol. The largest absolute Gasteiger partial charge is 0.313 e. The summed E-state index contributed by atoms with van der Waals surface area (Å²) in [4.78, 5) is 0. The van der Waals surface area contributed by atoms with E-state index in [1.807, 2.05) is 6.07 Å². The standard InChI is InChI=1S/C16H23ClFN/c1-12-2-4-13(5-3-12)8-9-19-11-14-6-7-15(17)16(18)10-14/h6-7,10,12-13,19H,2-5,8-9,11H2,1H3. The van der Waals surface area contributed by atoms with Gasteiger partial charge in [0.15, 0.2) is 0 Å². The van der Waals surface area contributed by atoms with Gasteiger partial charge in [0.25, 0.3) is 0 Å². The SMILES string of the molecule is CC1CCC(CCNCc2ccc(Cl)c(F)c2)CC1. The molecule has 2 rings (SSSR count). The van der Waals surface area contributed by atoms with Crippen LogP contribution >= 0.6 is 11.6 Å². The average Bonchev–Trinajstić information content (AvgIpc) is 2.41. The molecule has 1 aliphatic carbocycles. The molecule has 1 saturated carbocycles. The van der Waals surface area contributed by atoms with E-state index in [4.69, 9.17) is 11.6 Å². The number of nitrogens with one attached hydrogen (secondary N) is 1. The molecular formula is C16H23ClFN. The van der Waals surface area contributed by atoms with Crippen LogP contribution < -0.4 is 5.32 Å². The zero-order chi connectivity index (χ0) is 13.7. The van der Waals surface area contributed by atoms with Gasteiger partial charge in [-0.1, -0.05) is 50.3 Å². The van der Waals surface area contributed by atoms with Gasteiger partial charge in [0.1, 0.15) is 5.82 Å². The fourth-order valence-corrected chi connectivity index (χ4v) is 2.92. The van der Waals surface area contributed by atoms with Crippen LogP contribution in [0.25, 0.3) is 0 Å². The molecule has 1 aromatic rings. The van der Waals surface area contributed by atoms with Gasteiger partial charge in [-0.15, -0.1) is 0 Å². The minimum Gasteiger partial charge on any atom is -0.313 e. The smallest absolute Gasteiger partial charge is 0.142 e. The third-order valence-electron chi connectivity index (χ3n) is 4.18. The van der Waals surface area contributed by atoms with Crippen LogP contribution in [-0.2, 0) is 6.54 Å². The molecule has 0 unspecified atom stereocenters. The normalized spacial score (nSPS) is 23.5. The first-order valence-electron chi connectivity index (χ1n) is 7.30. The van der Waals surface area contributed by atoms with Crippen LogP contribution in [0.2, 0.25) is 5.02 Å². The molecule has 1 nitrogen and oxygen atoms in total. The summed E-state index contributed by atoms with van der Waals surface area (Å²) < 4.78 is 13.3. The number of hydrogen-bond donors (Lipinski definition) is 1. The Hall–Kier alpha value is -0.600. The Bertz CT molecular complexity index is 400. The number of rotatable bonds is 5. The van der Waals surface area contributed by atoms with E-state index in [2.05, 4.69) is 12.2 Å². The number of halogens is 2. The van der Waals surface area contributed by atoms with Crippen molar-refractivity contribution in [3.05, 3.63) is 34.6 Å². The fourth-order valence-electron chi connectivity index (χ4n) is 2.81. The highest BCUT2D eigenvalue weighted by molar-refractivity contribution is 6.30. The van der Waals surface area contributed by atoms with Crippen LogP contribution in [0.4, 0.5) is 4.39 Å². The van der Waals surface area contributed by atoms with E-state index < -0.39 is 0 Å². The van der Waals surface area contributed by atoms with E-state index in [0.717, 1.165) is 30.5 Å². The third kappa shape index (κ3) is 4.77. The Morgan fingerprint density at radius 3 is 2.68 bits per heavy atom. The van der Waals surface area contributed by atoms with Crippen molar-refractivity contribution in [2.75, 3.05) is 6.54 Å². The van der Waals surface area contributed by atoms with Gasteiger partial charge >= 0.3 is 0 Å². The van der Waals surface area contributed by atoms with E-state index in [9.17, 15) is 4.39 Å². The number of benzene rings is 1. The highest BCUT2D eigenvalue weighted by atomic mass is 35.5. The van der Waals surface area contributed by atoms with Gasteiger partial charge in [0.2, 0.25) is 0 Å². The second-order valence-corrected chi connectivity index (χ2v) is 6.25. The van der Waals surface area contributed by atoms with E-state index >= 15 is 0 Å². The van der Waals surface area contributed by atoms with Gasteiger partial charge in [-0.3, -0.25) is 0 Å². The molecule has 0 radical (unpaired) electrons. The lowest BCUT2D eigenvalue weighted by Gasteiger charge is -2.26. The van der Waals surface area contributed by atoms with Crippen molar-refractivity contribution in [3.8, 4) is 0 Å². The summed E-state index contributed by atoms with van der Waals surface area (Å²) >= 11 is 5.66. The highest BCUT2D eigenvalue weighted by Crippen LogP contribution is 2.29. The Morgan fingerprint density at radius 2 is 2.00 bits per heavy atom. The van der Waals surface area contributed by atoms with Crippen LogP contribution in [0, 0.1) is 17.7 Å². The van der Waals surface area contributed by atoms with Crippen molar-refractivity contribution in [3.63, 3.8) is 0 Å². The number of hydrogen-bond acceptors (Lipinski definition) is 1. The van der Waals surface area contributed by atoms with Crippen LogP contribution in [0.15, 0.2) is 18.2 Å². The topological polar surface area (TPSA) is 12.0 Å². The van der Waals surface area contributed by atoms with E-state index in [1.165, 1.54) is 38.2 Å². The quantitative estimate of drug-likeness (QED) is 0.767. The second-order valence-electron chi connectivity index (χ2n) is 5.84. The van der Waals surface area contributed by atoms with Crippen LogP contribution in [-0.4, -0.2) is 6.54 Å². The van der Waals surface area contributed by atoms with E-state index in [-0.39, 0.29) is 10.8 Å². The van der Waals surface area contributed by atoms with Gasteiger partial charge in [0, 0.05) is 6.54 Å². The summed E-state index contributed by atoms with van der Waals surface area (Å²) in [5.74, 6) is 1.47. The molecule has 0 heterocycles. The lowest BCUT2D eigenvalue weighted by atomic mass is 9.81. The molecule has 0 aromatic heterocycles. The molecule has 0 amide bonds. The molecule has 1 fully saturated rings. The predicted molar refractivity (Wildman–Crippen MR) is 78.9 cm³/mol. The van der Waals surface area contributed by atoms with Crippen molar-refractivity contribution in [2.24, 2.45) is 11.8 Å². The molecule has 0 aliphatic heterocycles. The third-order valence-corrected chi connectivity index (χ3v) is 4.48. The van der Waals surface area contributed by atoms with E-state index in [0.29, 0.717) is 0 Å². The van der Waals surface area contributed by atoms with Crippen molar-refractivity contribution < 1.29 is 4.39 Å². The highest BCUT2D eigenvalue weighted by Gasteiger charge is 2.17. The van der Waals surface area contributed by atoms with Gasteiger partial charge < -0.3 is 5.32 Å². The zero-order valence-electron chi connectivity index (χ0n) is 11.6. The van der Waals surface area contributed by atoms with Crippen LogP contribution in [0.1, 0.15) is 44.6 Å². The molecule has 106 valence electrons. The minimum absolute atomic E-state index is 0.195. The summed E-state index contributed by atoms with van der Waals surface area (Å²) in [5, 5.41) is 3.59. The maximum Gasteiger partial charge on any atom is 0.142 e. The minimum atomic E-state index is -0.331. The van der Waals surface area contributed by atoms with Gasteiger partial charge in [-0.05, 0) is 42.5 Å². The molecule has 3 heteroatoms. The first-order valence-corrected chi connectivity index (χ1v) is 7.67. The first kappa shape index (κ1) is 14.8. The fraction of sp³-hybridized carbons (Fsp3) is 0.625. The first-order chi connectivity index (χ1) is 9.15. The van der Waals surface area contributed by atoms with Crippen molar-refractivity contribution >= 4 is 11.6 Å². The summed E-state index contributed by atoms with van der Waals surface area (Å²) in [6.07, 6.45) is 6.75. The summed E-state index contributed by atoms with van der Waals surface area (Å²) in [6.45, 7) is 4.09. The zero-order valence-corrected chi connectivity index (χ0v) is 12.3. The summed E-state index contributed by atoms with van der Waals surface area (Å²) in [6, 6.07) is 5.01. The molecule has 1 aliphatic rings. The Morgan fingerprint density at radius 1 is 1.26 bits per heavy atom. The van der Waals surface area contributed by atoms with Crippen LogP contribution in [0.5, 0.6) is 0 Å². The molecule has 19 heavy (non-hydrogen) atoms. The summed E-state index contributed by atoms with van der Waals surface area (Å²) in [5.41, 5.74) is 0.958. The van der Waals surface area contributed by atoms with Gasteiger partial charge in [-0.25, -0.2) is 4.39 Å². The van der Waals surface area contributed by atoms with Crippen molar-refractivity contribution in [1.29, 1.82) is 0 Å². The molecule has 0 saturated heterocycles. The van der Waals surface area contributed by atoms with Crippen molar-refractivity contribution in [1.82, 2.24) is 5.32 Å². The van der Waals surface area contributed by atoms with Gasteiger partial charge in [0.05, 0.1) is 5.02 Å². The molecule has 0 atom stereocenters. The Balaban J connectivity index is 1.65.